The Kier molecular flexibility index (Phi) is 13.5. The number of ether oxygens (including phenoxy) is 2. The van der Waals surface area contributed by atoms with E-state index in [1.165, 1.54) is 0 Å². The Morgan fingerprint density at radius 2 is 0.886 bits per heavy atom. The molecule has 0 saturated carbocycles. The van der Waals surface area contributed by atoms with Gasteiger partial charge in [-0.05, 0) is 63.5 Å². The molecular weight excluding hydrogens is 556 g/mol. The van der Waals surface area contributed by atoms with Crippen LogP contribution in [0.3, 0.4) is 0 Å². The van der Waals surface area contributed by atoms with Crippen molar-refractivity contribution < 1.29 is 28.7 Å². The van der Waals surface area contributed by atoms with Gasteiger partial charge in [-0.25, -0.2) is 9.59 Å². The van der Waals surface area contributed by atoms with E-state index in [-0.39, 0.29) is 36.5 Å². The maximum atomic E-state index is 13.5. The van der Waals surface area contributed by atoms with Gasteiger partial charge < -0.3 is 20.9 Å². The highest BCUT2D eigenvalue weighted by molar-refractivity contribution is 6.29. The number of rotatable bonds is 16. The Hall–Kier alpha value is -3.36. The quantitative estimate of drug-likeness (QED) is 0.168. The van der Waals surface area contributed by atoms with Gasteiger partial charge in [-0.1, -0.05) is 88.4 Å². The molecule has 0 amide bonds. The molecule has 0 aliphatic heterocycles. The molecule has 8 heteroatoms. The third kappa shape index (κ3) is 10.4. The first kappa shape index (κ1) is 36.8. The van der Waals surface area contributed by atoms with Crippen molar-refractivity contribution in [1.29, 1.82) is 0 Å². The Morgan fingerprint density at radius 3 is 1.16 bits per heavy atom. The van der Waals surface area contributed by atoms with Crippen LogP contribution in [0.2, 0.25) is 0 Å². The third-order valence-corrected chi connectivity index (χ3v) is 8.01. The molecular formula is C36H52N2O6. The fourth-order valence-corrected chi connectivity index (χ4v) is 5.50. The first-order valence-electron chi connectivity index (χ1n) is 15.6. The van der Waals surface area contributed by atoms with E-state index in [0.29, 0.717) is 35.8 Å². The molecule has 4 N–H and O–H groups in total. The van der Waals surface area contributed by atoms with Gasteiger partial charge in [-0.2, -0.15) is 0 Å². The molecule has 0 aliphatic carbocycles. The molecule has 0 radical (unpaired) electrons. The number of hydrogen-bond acceptors (Lipinski definition) is 8. The number of benzene rings is 2. The highest BCUT2D eigenvalue weighted by Gasteiger charge is 2.44. The summed E-state index contributed by atoms with van der Waals surface area (Å²) in [7, 11) is 0. The van der Waals surface area contributed by atoms with Gasteiger partial charge in [-0.3, -0.25) is 9.59 Å². The lowest BCUT2D eigenvalue weighted by molar-refractivity contribution is -0.183. The lowest BCUT2D eigenvalue weighted by atomic mass is 9.76. The summed E-state index contributed by atoms with van der Waals surface area (Å²) in [6.45, 7) is 14.9. The molecule has 0 fully saturated rings. The Balaban J connectivity index is 2.35. The summed E-state index contributed by atoms with van der Waals surface area (Å²) in [5.74, 6) is -2.26. The molecule has 4 unspecified atom stereocenters. The molecule has 0 aromatic heterocycles. The minimum absolute atomic E-state index is 0.0990. The predicted octanol–water partition coefficient (Wildman–Crippen LogP) is 6.27. The van der Waals surface area contributed by atoms with Crippen LogP contribution in [-0.2, 0) is 28.7 Å². The zero-order valence-corrected chi connectivity index (χ0v) is 27.7. The van der Waals surface area contributed by atoms with Crippen LogP contribution in [0.15, 0.2) is 60.7 Å². The molecule has 2 aromatic carbocycles. The fraction of sp³-hybridized carbons (Fsp3) is 0.556. The van der Waals surface area contributed by atoms with E-state index in [9.17, 15) is 19.2 Å². The summed E-state index contributed by atoms with van der Waals surface area (Å²) in [5.41, 5.74) is 11.2. The molecule has 0 bridgehead atoms. The van der Waals surface area contributed by atoms with E-state index in [4.69, 9.17) is 20.9 Å². The van der Waals surface area contributed by atoms with Crippen molar-refractivity contribution in [2.24, 2.45) is 34.1 Å². The van der Waals surface area contributed by atoms with Crippen LogP contribution in [0.1, 0.15) is 104 Å². The van der Waals surface area contributed by atoms with E-state index < -0.39 is 35.0 Å². The lowest BCUT2D eigenvalue weighted by Crippen LogP contribution is -2.41. The van der Waals surface area contributed by atoms with Crippen LogP contribution in [-0.4, -0.2) is 35.6 Å². The van der Waals surface area contributed by atoms with E-state index in [1.807, 2.05) is 27.7 Å². The SMILES string of the molecule is CC(C)CC(N)CC(=O)C(C)(C)C(OC(=O)C(=O)OC(c1ccccc1)C(C)(C)C(=O)CC(N)CC(C)C)c1ccccc1. The van der Waals surface area contributed by atoms with Crippen molar-refractivity contribution in [3.63, 3.8) is 0 Å². The van der Waals surface area contributed by atoms with Gasteiger partial charge >= 0.3 is 11.9 Å². The minimum Gasteiger partial charge on any atom is -0.448 e. The van der Waals surface area contributed by atoms with Crippen LogP contribution in [0.5, 0.6) is 0 Å². The number of hydrogen-bond donors (Lipinski definition) is 2. The van der Waals surface area contributed by atoms with Crippen LogP contribution in [0.25, 0.3) is 0 Å². The van der Waals surface area contributed by atoms with Gasteiger partial charge in [-0.15, -0.1) is 0 Å². The maximum absolute atomic E-state index is 13.5. The zero-order chi connectivity index (χ0) is 33.2. The average Bonchev–Trinajstić information content (AvgIpc) is 2.93. The largest absolute Gasteiger partial charge is 0.448 e. The topological polar surface area (TPSA) is 139 Å². The predicted molar refractivity (Wildman–Crippen MR) is 172 cm³/mol. The smallest absolute Gasteiger partial charge is 0.418 e. The second kappa shape index (κ2) is 16.1. The van der Waals surface area contributed by atoms with Crippen molar-refractivity contribution in [1.82, 2.24) is 0 Å². The molecule has 2 aromatic rings. The van der Waals surface area contributed by atoms with E-state index in [1.54, 1.807) is 88.4 Å². The van der Waals surface area contributed by atoms with Crippen molar-refractivity contribution in [3.8, 4) is 0 Å². The van der Waals surface area contributed by atoms with E-state index >= 15 is 0 Å². The second-order valence-corrected chi connectivity index (χ2v) is 13.9. The van der Waals surface area contributed by atoms with Crippen LogP contribution < -0.4 is 11.5 Å². The van der Waals surface area contributed by atoms with E-state index in [2.05, 4.69) is 0 Å². The summed E-state index contributed by atoms with van der Waals surface area (Å²) in [6, 6.07) is 16.9. The zero-order valence-electron chi connectivity index (χ0n) is 27.7. The Labute approximate surface area is 263 Å². The molecule has 8 nitrogen and oxygen atoms in total. The Bertz CT molecular complexity index is 1140. The number of carbonyl (C=O) groups is 4. The normalized spacial score (nSPS) is 14.9. The van der Waals surface area contributed by atoms with Crippen molar-refractivity contribution in [2.75, 3.05) is 0 Å². The third-order valence-electron chi connectivity index (χ3n) is 8.01. The molecule has 2 rings (SSSR count). The molecule has 0 saturated heterocycles. The summed E-state index contributed by atoms with van der Waals surface area (Å²) < 4.78 is 11.6. The van der Waals surface area contributed by atoms with Gasteiger partial charge in [0.15, 0.2) is 0 Å². The minimum atomic E-state index is -1.26. The second-order valence-electron chi connectivity index (χ2n) is 13.9. The first-order valence-corrected chi connectivity index (χ1v) is 15.6. The van der Waals surface area contributed by atoms with Gasteiger partial charge in [0.2, 0.25) is 0 Å². The number of Topliss-reactive ketones (excluding diaryl/α,β-unsaturated/α-hetero) is 2. The highest BCUT2D eigenvalue weighted by Crippen LogP contribution is 2.41. The van der Waals surface area contributed by atoms with Gasteiger partial charge in [0.25, 0.3) is 0 Å². The van der Waals surface area contributed by atoms with Crippen molar-refractivity contribution in [2.45, 2.75) is 105 Å². The first-order chi connectivity index (χ1) is 20.5. The molecule has 0 heterocycles. The highest BCUT2D eigenvalue weighted by atomic mass is 16.6. The standard InChI is InChI=1S/C36H52N2O6/c1-23(2)19-27(37)21-29(39)35(5,6)31(25-15-11-9-12-16-25)43-33(41)34(42)44-32(26-17-13-10-14-18-26)36(7,8)30(40)22-28(38)20-24(3)4/h9-18,23-24,27-28,31-32H,19-22,37-38H2,1-8H3. The van der Waals surface area contributed by atoms with Gasteiger partial charge in [0.05, 0.1) is 10.8 Å². The van der Waals surface area contributed by atoms with Gasteiger partial charge in [0, 0.05) is 24.9 Å². The monoisotopic (exact) mass is 608 g/mol. The molecule has 44 heavy (non-hydrogen) atoms. The summed E-state index contributed by atoms with van der Waals surface area (Å²) in [6.07, 6.45) is -0.629. The number of carbonyl (C=O) groups excluding carboxylic acids is 4. The van der Waals surface area contributed by atoms with Crippen LogP contribution in [0, 0.1) is 22.7 Å². The number of nitrogens with two attached hydrogens (primary N) is 2. The maximum Gasteiger partial charge on any atom is 0.418 e. The van der Waals surface area contributed by atoms with E-state index in [0.717, 1.165) is 0 Å². The summed E-state index contributed by atoms with van der Waals surface area (Å²) in [4.78, 5) is 53.8. The van der Waals surface area contributed by atoms with Gasteiger partial charge in [0.1, 0.15) is 23.8 Å². The molecule has 242 valence electrons. The van der Waals surface area contributed by atoms with Crippen molar-refractivity contribution in [3.05, 3.63) is 71.8 Å². The average molecular weight is 609 g/mol. The summed E-state index contributed by atoms with van der Waals surface area (Å²) >= 11 is 0. The van der Waals surface area contributed by atoms with Crippen LogP contribution in [0.4, 0.5) is 0 Å². The number of ketones is 2. The van der Waals surface area contributed by atoms with Crippen molar-refractivity contribution >= 4 is 23.5 Å². The Morgan fingerprint density at radius 1 is 0.591 bits per heavy atom. The summed E-state index contributed by atoms with van der Waals surface area (Å²) in [5, 5.41) is 0. The molecule has 0 aliphatic rings. The fourth-order valence-electron chi connectivity index (χ4n) is 5.50. The van der Waals surface area contributed by atoms with Crippen LogP contribution >= 0.6 is 0 Å². The molecule has 0 spiro atoms. The molecule has 4 atom stereocenters. The lowest BCUT2D eigenvalue weighted by Gasteiger charge is -2.35. The number of esters is 2.